The Hall–Kier alpha value is -2.88. The molecule has 4 nitrogen and oxygen atoms in total. The molecule has 2 N–H and O–H groups in total. The normalized spacial score (nSPS) is 10.3. The molecular formula is C18H18N4. The third-order valence-electron chi connectivity index (χ3n) is 3.21. The van der Waals surface area contributed by atoms with Crippen LogP contribution in [0.2, 0.25) is 0 Å². The summed E-state index contributed by atoms with van der Waals surface area (Å²) in [5, 5.41) is 6.52. The van der Waals surface area contributed by atoms with E-state index in [4.69, 9.17) is 0 Å². The molecule has 0 amide bonds. The van der Waals surface area contributed by atoms with Gasteiger partial charge in [0.05, 0.1) is 0 Å². The zero-order chi connectivity index (χ0) is 15.4. The smallest absolute Gasteiger partial charge is 0.229 e. The maximum Gasteiger partial charge on any atom is 0.229 e. The molecule has 0 unspecified atom stereocenters. The summed E-state index contributed by atoms with van der Waals surface area (Å²) in [6, 6.07) is 20.0. The second kappa shape index (κ2) is 6.26. The number of aromatic nitrogens is 2. The van der Waals surface area contributed by atoms with Crippen LogP contribution in [-0.4, -0.2) is 9.97 Å². The second-order valence-electron chi connectivity index (χ2n) is 5.20. The number of rotatable bonds is 4. The second-order valence-corrected chi connectivity index (χ2v) is 5.20. The van der Waals surface area contributed by atoms with E-state index in [1.54, 1.807) is 0 Å². The fourth-order valence-corrected chi connectivity index (χ4v) is 2.12. The Morgan fingerprint density at radius 1 is 0.727 bits per heavy atom. The third kappa shape index (κ3) is 3.61. The molecule has 0 fully saturated rings. The summed E-state index contributed by atoms with van der Waals surface area (Å²) in [6.45, 7) is 4.02. The monoisotopic (exact) mass is 290 g/mol. The molecule has 110 valence electrons. The van der Waals surface area contributed by atoms with Gasteiger partial charge in [0.15, 0.2) is 0 Å². The molecule has 0 spiro atoms. The molecule has 0 saturated carbocycles. The third-order valence-corrected chi connectivity index (χ3v) is 3.21. The van der Waals surface area contributed by atoms with Crippen molar-refractivity contribution >= 4 is 23.1 Å². The Balaban J connectivity index is 1.82. The summed E-state index contributed by atoms with van der Waals surface area (Å²) >= 11 is 0. The minimum Gasteiger partial charge on any atom is -0.340 e. The van der Waals surface area contributed by atoms with Gasteiger partial charge in [-0.25, -0.2) is 4.98 Å². The van der Waals surface area contributed by atoms with E-state index in [0.717, 1.165) is 22.9 Å². The molecule has 0 aliphatic carbocycles. The van der Waals surface area contributed by atoms with Gasteiger partial charge in [0, 0.05) is 23.1 Å². The van der Waals surface area contributed by atoms with Crippen molar-refractivity contribution in [2.45, 2.75) is 13.8 Å². The Bertz CT molecular complexity index is 752. The van der Waals surface area contributed by atoms with Gasteiger partial charge in [0.2, 0.25) is 5.95 Å². The highest BCUT2D eigenvalue weighted by atomic mass is 15.1. The number of hydrogen-bond acceptors (Lipinski definition) is 4. The summed E-state index contributed by atoms with van der Waals surface area (Å²) < 4.78 is 0. The maximum atomic E-state index is 4.51. The van der Waals surface area contributed by atoms with Crippen LogP contribution in [0.3, 0.4) is 0 Å². The summed E-state index contributed by atoms with van der Waals surface area (Å²) in [7, 11) is 0. The fourth-order valence-electron chi connectivity index (χ4n) is 2.12. The first-order chi connectivity index (χ1) is 10.7. The van der Waals surface area contributed by atoms with Crippen molar-refractivity contribution in [2.75, 3.05) is 10.6 Å². The Morgan fingerprint density at radius 2 is 1.41 bits per heavy atom. The van der Waals surface area contributed by atoms with E-state index in [1.807, 2.05) is 55.5 Å². The first-order valence-electron chi connectivity index (χ1n) is 7.20. The van der Waals surface area contributed by atoms with Crippen molar-refractivity contribution in [3.63, 3.8) is 0 Å². The molecular weight excluding hydrogens is 272 g/mol. The molecule has 0 radical (unpaired) electrons. The van der Waals surface area contributed by atoms with Crippen LogP contribution in [0.5, 0.6) is 0 Å². The van der Waals surface area contributed by atoms with Gasteiger partial charge in [-0.2, -0.15) is 4.98 Å². The molecule has 0 atom stereocenters. The molecule has 1 aromatic heterocycles. The zero-order valence-electron chi connectivity index (χ0n) is 12.7. The van der Waals surface area contributed by atoms with Gasteiger partial charge in [0.1, 0.15) is 5.82 Å². The predicted octanol–water partition coefficient (Wildman–Crippen LogP) is 4.58. The number of hydrogen-bond donors (Lipinski definition) is 2. The van der Waals surface area contributed by atoms with E-state index in [9.17, 15) is 0 Å². The molecule has 0 aliphatic heterocycles. The van der Waals surface area contributed by atoms with Gasteiger partial charge in [-0.05, 0) is 38.1 Å². The summed E-state index contributed by atoms with van der Waals surface area (Å²) in [5.41, 5.74) is 4.11. The number of anilines is 4. The molecule has 0 aliphatic rings. The topological polar surface area (TPSA) is 49.8 Å². The van der Waals surface area contributed by atoms with Crippen LogP contribution >= 0.6 is 0 Å². The molecule has 1 heterocycles. The number of nitrogens with one attached hydrogen (secondary N) is 2. The van der Waals surface area contributed by atoms with Gasteiger partial charge in [-0.15, -0.1) is 0 Å². The number of nitrogens with zero attached hydrogens (tertiary/aromatic N) is 2. The van der Waals surface area contributed by atoms with Gasteiger partial charge in [-0.1, -0.05) is 35.9 Å². The number of benzene rings is 2. The lowest BCUT2D eigenvalue weighted by molar-refractivity contribution is 1.11. The minimum absolute atomic E-state index is 0.585. The van der Waals surface area contributed by atoms with E-state index < -0.39 is 0 Å². The summed E-state index contributed by atoms with van der Waals surface area (Å²) in [4.78, 5) is 8.94. The lowest BCUT2D eigenvalue weighted by atomic mass is 10.2. The Kier molecular flexibility index (Phi) is 4.01. The quantitative estimate of drug-likeness (QED) is 0.738. The van der Waals surface area contributed by atoms with Crippen LogP contribution in [0.25, 0.3) is 0 Å². The maximum absolute atomic E-state index is 4.51. The predicted molar refractivity (Wildman–Crippen MR) is 91.0 cm³/mol. The molecule has 22 heavy (non-hydrogen) atoms. The van der Waals surface area contributed by atoms with Gasteiger partial charge in [-0.3, -0.25) is 0 Å². The lowest BCUT2D eigenvalue weighted by Gasteiger charge is -2.10. The molecule has 0 saturated heterocycles. The van der Waals surface area contributed by atoms with E-state index in [0.29, 0.717) is 5.95 Å². The standard InChI is InChI=1S/C18H18N4/c1-13-8-10-16(11-9-13)21-18-19-14(2)12-17(22-18)20-15-6-4-3-5-7-15/h3-12H,1-2H3,(H2,19,20,21,22). The van der Waals surface area contributed by atoms with Crippen molar-refractivity contribution in [3.05, 3.63) is 71.9 Å². The van der Waals surface area contributed by atoms with E-state index in [-0.39, 0.29) is 0 Å². The van der Waals surface area contributed by atoms with E-state index >= 15 is 0 Å². The minimum atomic E-state index is 0.585. The average molecular weight is 290 g/mol. The van der Waals surface area contributed by atoms with Crippen LogP contribution in [0.15, 0.2) is 60.7 Å². The highest BCUT2D eigenvalue weighted by molar-refractivity contribution is 5.60. The van der Waals surface area contributed by atoms with Gasteiger partial charge >= 0.3 is 0 Å². The zero-order valence-corrected chi connectivity index (χ0v) is 12.7. The number of aryl methyl sites for hydroxylation is 2. The van der Waals surface area contributed by atoms with Gasteiger partial charge < -0.3 is 10.6 Å². The van der Waals surface area contributed by atoms with Crippen LogP contribution in [-0.2, 0) is 0 Å². The Morgan fingerprint density at radius 3 is 2.14 bits per heavy atom. The van der Waals surface area contributed by atoms with Gasteiger partial charge in [0.25, 0.3) is 0 Å². The van der Waals surface area contributed by atoms with Crippen LogP contribution in [0, 0.1) is 13.8 Å². The SMILES string of the molecule is Cc1ccc(Nc2nc(C)cc(Nc3ccccc3)n2)cc1. The first-order valence-corrected chi connectivity index (χ1v) is 7.20. The van der Waals surface area contributed by atoms with Crippen LogP contribution < -0.4 is 10.6 Å². The average Bonchev–Trinajstić information content (AvgIpc) is 2.50. The fraction of sp³-hybridized carbons (Fsp3) is 0.111. The largest absolute Gasteiger partial charge is 0.340 e. The van der Waals surface area contributed by atoms with Crippen molar-refractivity contribution in [1.82, 2.24) is 9.97 Å². The molecule has 0 bridgehead atoms. The van der Waals surface area contributed by atoms with Crippen molar-refractivity contribution in [3.8, 4) is 0 Å². The van der Waals surface area contributed by atoms with E-state index in [1.165, 1.54) is 5.56 Å². The molecule has 4 heteroatoms. The summed E-state index contributed by atoms with van der Waals surface area (Å²) in [6.07, 6.45) is 0. The van der Waals surface area contributed by atoms with Crippen molar-refractivity contribution < 1.29 is 0 Å². The molecule has 2 aromatic carbocycles. The molecule has 3 aromatic rings. The van der Waals surface area contributed by atoms with Crippen LogP contribution in [0.4, 0.5) is 23.1 Å². The first kappa shape index (κ1) is 14.1. The lowest BCUT2D eigenvalue weighted by Crippen LogP contribution is -2.02. The summed E-state index contributed by atoms with van der Waals surface area (Å²) in [5.74, 6) is 1.36. The van der Waals surface area contributed by atoms with Crippen molar-refractivity contribution in [2.24, 2.45) is 0 Å². The van der Waals surface area contributed by atoms with Crippen LogP contribution in [0.1, 0.15) is 11.3 Å². The van der Waals surface area contributed by atoms with Crippen molar-refractivity contribution in [1.29, 1.82) is 0 Å². The number of para-hydroxylation sites is 1. The highest BCUT2D eigenvalue weighted by Gasteiger charge is 2.03. The van der Waals surface area contributed by atoms with E-state index in [2.05, 4.69) is 39.7 Å². The molecule has 3 rings (SSSR count). The highest BCUT2D eigenvalue weighted by Crippen LogP contribution is 2.19. The Labute approximate surface area is 130 Å².